The lowest BCUT2D eigenvalue weighted by atomic mass is 10.0. The average Bonchev–Trinajstić information content (AvgIpc) is 2.63. The molecule has 0 fully saturated rings. The standard InChI is InChI=1S/C19H18N2O4/c1-12(22)20-10-13-6-8-14(9-7-13)19(24)21-16-11-25-17-5-3-2-4-15(17)18(16)23/h2-9,16H,10-11H2,1H3,(H,20,22)(H,21,24). The monoisotopic (exact) mass is 338 g/mol. The maximum Gasteiger partial charge on any atom is 0.251 e. The van der Waals surface area contributed by atoms with Gasteiger partial charge in [0.1, 0.15) is 18.4 Å². The number of ether oxygens (including phenoxy) is 1. The van der Waals surface area contributed by atoms with Crippen LogP contribution in [0, 0.1) is 0 Å². The molecule has 0 saturated carbocycles. The number of para-hydroxylation sites is 1. The molecular weight excluding hydrogens is 320 g/mol. The Morgan fingerprint density at radius 1 is 1.12 bits per heavy atom. The normalized spacial score (nSPS) is 15.7. The molecule has 1 unspecified atom stereocenters. The largest absolute Gasteiger partial charge is 0.490 e. The minimum Gasteiger partial charge on any atom is -0.490 e. The lowest BCUT2D eigenvalue weighted by Gasteiger charge is -2.24. The number of hydrogen-bond acceptors (Lipinski definition) is 4. The van der Waals surface area contributed by atoms with E-state index in [2.05, 4.69) is 10.6 Å². The van der Waals surface area contributed by atoms with Crippen LogP contribution in [0.3, 0.4) is 0 Å². The minimum atomic E-state index is -0.707. The van der Waals surface area contributed by atoms with Gasteiger partial charge in [0, 0.05) is 19.0 Å². The number of Topliss-reactive ketones (excluding diaryl/α,β-unsaturated/α-hetero) is 1. The molecule has 128 valence electrons. The van der Waals surface area contributed by atoms with E-state index in [-0.39, 0.29) is 24.2 Å². The lowest BCUT2D eigenvalue weighted by molar-refractivity contribution is -0.119. The number of nitrogens with one attached hydrogen (secondary N) is 2. The summed E-state index contributed by atoms with van der Waals surface area (Å²) in [4.78, 5) is 35.7. The lowest BCUT2D eigenvalue weighted by Crippen LogP contribution is -2.47. The van der Waals surface area contributed by atoms with Gasteiger partial charge in [-0.25, -0.2) is 0 Å². The molecule has 2 aromatic rings. The van der Waals surface area contributed by atoms with Crippen molar-refractivity contribution < 1.29 is 19.1 Å². The number of carbonyl (C=O) groups is 3. The highest BCUT2D eigenvalue weighted by Gasteiger charge is 2.29. The summed E-state index contributed by atoms with van der Waals surface area (Å²) >= 11 is 0. The van der Waals surface area contributed by atoms with Crippen molar-refractivity contribution in [3.8, 4) is 5.75 Å². The second kappa shape index (κ2) is 7.17. The van der Waals surface area contributed by atoms with Gasteiger partial charge >= 0.3 is 0 Å². The summed E-state index contributed by atoms with van der Waals surface area (Å²) in [5.41, 5.74) is 1.81. The molecule has 1 aliphatic heterocycles. The first-order chi connectivity index (χ1) is 12.0. The van der Waals surface area contributed by atoms with Gasteiger partial charge in [0.05, 0.1) is 5.56 Å². The first kappa shape index (κ1) is 16.7. The number of amides is 2. The molecule has 3 rings (SSSR count). The van der Waals surface area contributed by atoms with Crippen LogP contribution < -0.4 is 15.4 Å². The van der Waals surface area contributed by atoms with Gasteiger partial charge in [-0.3, -0.25) is 14.4 Å². The third kappa shape index (κ3) is 3.85. The minimum absolute atomic E-state index is 0.113. The summed E-state index contributed by atoms with van der Waals surface area (Å²) in [5.74, 6) is -0.0666. The van der Waals surface area contributed by atoms with Crippen molar-refractivity contribution in [2.75, 3.05) is 6.61 Å². The second-order valence-electron chi connectivity index (χ2n) is 5.80. The molecule has 2 amide bonds. The van der Waals surface area contributed by atoms with Crippen LogP contribution in [-0.4, -0.2) is 30.2 Å². The van der Waals surface area contributed by atoms with E-state index in [1.54, 1.807) is 48.5 Å². The molecule has 0 saturated heterocycles. The average molecular weight is 338 g/mol. The first-order valence-corrected chi connectivity index (χ1v) is 7.95. The van der Waals surface area contributed by atoms with Crippen LogP contribution in [0.25, 0.3) is 0 Å². The zero-order valence-electron chi connectivity index (χ0n) is 13.7. The van der Waals surface area contributed by atoms with Crippen molar-refractivity contribution in [2.45, 2.75) is 19.5 Å². The van der Waals surface area contributed by atoms with E-state index < -0.39 is 6.04 Å². The Bertz CT molecular complexity index is 814. The van der Waals surface area contributed by atoms with Crippen molar-refractivity contribution in [2.24, 2.45) is 0 Å². The molecule has 1 atom stereocenters. The Morgan fingerprint density at radius 2 is 1.84 bits per heavy atom. The van der Waals surface area contributed by atoms with Crippen LogP contribution in [0.15, 0.2) is 48.5 Å². The molecule has 0 aromatic heterocycles. The predicted octanol–water partition coefficient (Wildman–Crippen LogP) is 1.70. The van der Waals surface area contributed by atoms with Crippen molar-refractivity contribution in [1.82, 2.24) is 10.6 Å². The van der Waals surface area contributed by atoms with E-state index in [1.807, 2.05) is 0 Å². The first-order valence-electron chi connectivity index (χ1n) is 7.95. The van der Waals surface area contributed by atoms with Crippen molar-refractivity contribution in [3.63, 3.8) is 0 Å². The Balaban J connectivity index is 1.64. The zero-order valence-corrected chi connectivity index (χ0v) is 13.7. The number of carbonyl (C=O) groups excluding carboxylic acids is 3. The summed E-state index contributed by atoms with van der Waals surface area (Å²) in [6, 6.07) is 13.1. The molecule has 1 heterocycles. The predicted molar refractivity (Wildman–Crippen MR) is 91.5 cm³/mol. The van der Waals surface area contributed by atoms with E-state index in [0.29, 0.717) is 23.4 Å². The van der Waals surface area contributed by atoms with Crippen LogP contribution in [-0.2, 0) is 11.3 Å². The van der Waals surface area contributed by atoms with Crippen LogP contribution in [0.2, 0.25) is 0 Å². The Kier molecular flexibility index (Phi) is 4.79. The molecule has 0 bridgehead atoms. The van der Waals surface area contributed by atoms with Crippen molar-refractivity contribution >= 4 is 17.6 Å². The summed E-state index contributed by atoms with van der Waals surface area (Å²) < 4.78 is 5.54. The Hall–Kier alpha value is -3.15. The van der Waals surface area contributed by atoms with Gasteiger partial charge in [0.15, 0.2) is 5.78 Å². The number of fused-ring (bicyclic) bond motifs is 1. The maximum absolute atomic E-state index is 12.5. The van der Waals surface area contributed by atoms with Gasteiger partial charge < -0.3 is 15.4 Å². The van der Waals surface area contributed by atoms with E-state index in [9.17, 15) is 14.4 Å². The fourth-order valence-electron chi connectivity index (χ4n) is 2.58. The number of hydrogen-bond donors (Lipinski definition) is 2. The van der Waals surface area contributed by atoms with Crippen molar-refractivity contribution in [1.29, 1.82) is 0 Å². The fourth-order valence-corrected chi connectivity index (χ4v) is 2.58. The third-order valence-corrected chi connectivity index (χ3v) is 3.94. The quantitative estimate of drug-likeness (QED) is 0.889. The topological polar surface area (TPSA) is 84.5 Å². The summed E-state index contributed by atoms with van der Waals surface area (Å²) in [5, 5.41) is 5.40. The Morgan fingerprint density at radius 3 is 2.56 bits per heavy atom. The number of ketones is 1. The van der Waals surface area contributed by atoms with Gasteiger partial charge in [-0.2, -0.15) is 0 Å². The van der Waals surface area contributed by atoms with Crippen LogP contribution in [0.5, 0.6) is 5.75 Å². The highest BCUT2D eigenvalue weighted by molar-refractivity contribution is 6.06. The molecule has 2 aromatic carbocycles. The fraction of sp³-hybridized carbons (Fsp3) is 0.211. The van der Waals surface area contributed by atoms with Gasteiger partial charge in [-0.1, -0.05) is 24.3 Å². The summed E-state index contributed by atoms with van der Waals surface area (Å²) in [6.45, 7) is 1.97. The maximum atomic E-state index is 12.5. The zero-order chi connectivity index (χ0) is 17.8. The summed E-state index contributed by atoms with van der Waals surface area (Å²) in [7, 11) is 0. The number of rotatable bonds is 4. The highest BCUT2D eigenvalue weighted by Crippen LogP contribution is 2.24. The molecule has 25 heavy (non-hydrogen) atoms. The van der Waals surface area contributed by atoms with Gasteiger partial charge in [-0.05, 0) is 29.8 Å². The molecule has 1 aliphatic rings. The van der Waals surface area contributed by atoms with E-state index in [1.165, 1.54) is 6.92 Å². The number of benzene rings is 2. The van der Waals surface area contributed by atoms with E-state index in [4.69, 9.17) is 4.74 Å². The molecule has 6 nitrogen and oxygen atoms in total. The van der Waals surface area contributed by atoms with Gasteiger partial charge in [0.25, 0.3) is 5.91 Å². The van der Waals surface area contributed by atoms with E-state index in [0.717, 1.165) is 5.56 Å². The molecule has 0 radical (unpaired) electrons. The van der Waals surface area contributed by atoms with Crippen LogP contribution >= 0.6 is 0 Å². The van der Waals surface area contributed by atoms with Crippen LogP contribution in [0.1, 0.15) is 33.2 Å². The smallest absolute Gasteiger partial charge is 0.251 e. The molecule has 2 N–H and O–H groups in total. The molecule has 6 heteroatoms. The van der Waals surface area contributed by atoms with E-state index >= 15 is 0 Å². The second-order valence-corrected chi connectivity index (χ2v) is 5.80. The van der Waals surface area contributed by atoms with Crippen molar-refractivity contribution in [3.05, 3.63) is 65.2 Å². The Labute approximate surface area is 145 Å². The third-order valence-electron chi connectivity index (χ3n) is 3.94. The molecule has 0 aliphatic carbocycles. The highest BCUT2D eigenvalue weighted by atomic mass is 16.5. The van der Waals surface area contributed by atoms with Gasteiger partial charge in [0.2, 0.25) is 5.91 Å². The SMILES string of the molecule is CC(=O)NCc1ccc(C(=O)NC2COc3ccccc3C2=O)cc1. The van der Waals surface area contributed by atoms with Gasteiger partial charge in [-0.15, -0.1) is 0 Å². The molecule has 0 spiro atoms. The van der Waals surface area contributed by atoms with Crippen LogP contribution in [0.4, 0.5) is 0 Å². The summed E-state index contributed by atoms with van der Waals surface area (Å²) in [6.07, 6.45) is 0. The molecular formula is C19H18N2O4.